The van der Waals surface area contributed by atoms with Crippen LogP contribution in [0.2, 0.25) is 0 Å². The van der Waals surface area contributed by atoms with E-state index in [1.54, 1.807) is 7.11 Å². The summed E-state index contributed by atoms with van der Waals surface area (Å²) in [5.74, 6) is 1.56. The van der Waals surface area contributed by atoms with Crippen molar-refractivity contribution in [2.75, 3.05) is 20.2 Å². The summed E-state index contributed by atoms with van der Waals surface area (Å²) in [6, 6.07) is 5.13. The van der Waals surface area contributed by atoms with Gasteiger partial charge in [0.1, 0.15) is 5.75 Å². The molecule has 1 aromatic rings. The van der Waals surface area contributed by atoms with Gasteiger partial charge in [0, 0.05) is 49.5 Å². The predicted molar refractivity (Wildman–Crippen MR) is 82.0 cm³/mol. The number of aryl methyl sites for hydroxylation is 1. The largest absolute Gasteiger partial charge is 0.497 e. The van der Waals surface area contributed by atoms with Gasteiger partial charge in [0.25, 0.3) is 0 Å². The van der Waals surface area contributed by atoms with E-state index < -0.39 is 0 Å². The summed E-state index contributed by atoms with van der Waals surface area (Å²) in [6.45, 7) is 11.9. The first-order chi connectivity index (χ1) is 9.49. The Hall–Kier alpha value is -1.13. The number of hydrogen-bond donors (Lipinski definition) is 1. The second-order valence-electron chi connectivity index (χ2n) is 6.18. The van der Waals surface area contributed by atoms with Crippen molar-refractivity contribution >= 4 is 0 Å². The van der Waals surface area contributed by atoms with Gasteiger partial charge in [-0.15, -0.1) is 0 Å². The Morgan fingerprint density at radius 3 is 2.85 bits per heavy atom. The first kappa shape index (κ1) is 15.3. The lowest BCUT2D eigenvalue weighted by Crippen LogP contribution is -2.56. The maximum Gasteiger partial charge on any atom is 0.122 e. The lowest BCUT2D eigenvalue weighted by Gasteiger charge is -2.40. The average molecular weight is 277 g/mol. The van der Waals surface area contributed by atoms with Gasteiger partial charge in [0.15, 0.2) is 0 Å². The Labute approximate surface area is 122 Å². The first-order valence-electron chi connectivity index (χ1n) is 7.48. The van der Waals surface area contributed by atoms with Gasteiger partial charge in [-0.2, -0.15) is 0 Å². The van der Waals surface area contributed by atoms with Crippen molar-refractivity contribution in [3.05, 3.63) is 23.5 Å². The highest BCUT2D eigenvalue weighted by Gasteiger charge is 2.26. The second-order valence-corrected chi connectivity index (χ2v) is 6.18. The predicted octanol–water partition coefficient (Wildman–Crippen LogP) is 2.22. The molecule has 0 amide bonds. The van der Waals surface area contributed by atoms with Gasteiger partial charge < -0.3 is 10.1 Å². The zero-order valence-corrected chi connectivity index (χ0v) is 13.3. The normalized spacial score (nSPS) is 24.1. The molecule has 2 heterocycles. The summed E-state index contributed by atoms with van der Waals surface area (Å²) in [7, 11) is 1.71. The molecular formula is C16H27N3O. The van der Waals surface area contributed by atoms with Crippen LogP contribution in [0, 0.1) is 12.8 Å². The number of nitrogens with zero attached hydrogens (tertiary/aromatic N) is 2. The van der Waals surface area contributed by atoms with Crippen LogP contribution in [0.15, 0.2) is 12.1 Å². The van der Waals surface area contributed by atoms with Crippen molar-refractivity contribution in [1.82, 2.24) is 15.2 Å². The highest BCUT2D eigenvalue weighted by molar-refractivity contribution is 5.26. The number of pyridine rings is 1. The summed E-state index contributed by atoms with van der Waals surface area (Å²) in [6.07, 6.45) is 0. The number of aromatic nitrogens is 1. The summed E-state index contributed by atoms with van der Waals surface area (Å²) < 4.78 is 5.34. The summed E-state index contributed by atoms with van der Waals surface area (Å²) in [4.78, 5) is 7.15. The minimum atomic E-state index is 0.540. The standard InChI is InChI=1S/C16H27N3O/c1-11(2)16-10-19(13(4)8-17-16)9-14-7-15(20-5)6-12(3)18-14/h6-7,11,13,16-17H,8-10H2,1-5H3. The van der Waals surface area contributed by atoms with Crippen molar-refractivity contribution in [2.24, 2.45) is 5.92 Å². The van der Waals surface area contributed by atoms with E-state index in [1.807, 2.05) is 19.1 Å². The van der Waals surface area contributed by atoms with Crippen LogP contribution in [-0.2, 0) is 6.54 Å². The van der Waals surface area contributed by atoms with E-state index in [1.165, 1.54) is 0 Å². The first-order valence-corrected chi connectivity index (χ1v) is 7.48. The fraction of sp³-hybridized carbons (Fsp3) is 0.688. The Morgan fingerprint density at radius 1 is 1.45 bits per heavy atom. The average Bonchev–Trinajstić information content (AvgIpc) is 2.40. The maximum absolute atomic E-state index is 5.34. The van der Waals surface area contributed by atoms with E-state index in [4.69, 9.17) is 4.74 Å². The van der Waals surface area contributed by atoms with E-state index in [9.17, 15) is 0 Å². The zero-order chi connectivity index (χ0) is 14.7. The minimum Gasteiger partial charge on any atom is -0.497 e. The van der Waals surface area contributed by atoms with Crippen LogP contribution in [0.25, 0.3) is 0 Å². The highest BCUT2D eigenvalue weighted by Crippen LogP contribution is 2.18. The topological polar surface area (TPSA) is 37.4 Å². The second kappa shape index (κ2) is 6.55. The molecule has 1 aromatic heterocycles. The molecule has 4 heteroatoms. The zero-order valence-electron chi connectivity index (χ0n) is 13.3. The molecule has 0 spiro atoms. The summed E-state index contributed by atoms with van der Waals surface area (Å²) >= 11 is 0. The van der Waals surface area contributed by atoms with E-state index in [-0.39, 0.29) is 0 Å². The highest BCUT2D eigenvalue weighted by atomic mass is 16.5. The van der Waals surface area contributed by atoms with E-state index in [0.717, 1.165) is 36.8 Å². The van der Waals surface area contributed by atoms with Gasteiger partial charge in [-0.1, -0.05) is 13.8 Å². The van der Waals surface area contributed by atoms with Crippen molar-refractivity contribution in [1.29, 1.82) is 0 Å². The third kappa shape index (κ3) is 3.70. The molecule has 0 radical (unpaired) electrons. The number of hydrogen-bond acceptors (Lipinski definition) is 4. The van der Waals surface area contributed by atoms with Gasteiger partial charge in [-0.05, 0) is 19.8 Å². The third-order valence-corrected chi connectivity index (χ3v) is 4.12. The Kier molecular flexibility index (Phi) is 5.00. The lowest BCUT2D eigenvalue weighted by atomic mass is 9.99. The number of rotatable bonds is 4. The van der Waals surface area contributed by atoms with Crippen molar-refractivity contribution in [2.45, 2.75) is 46.3 Å². The molecular weight excluding hydrogens is 250 g/mol. The number of piperazine rings is 1. The molecule has 112 valence electrons. The number of ether oxygens (including phenoxy) is 1. The van der Waals surface area contributed by atoms with Crippen LogP contribution < -0.4 is 10.1 Å². The molecule has 1 N–H and O–H groups in total. The molecule has 0 aromatic carbocycles. The molecule has 2 unspecified atom stereocenters. The fourth-order valence-electron chi connectivity index (χ4n) is 2.72. The van der Waals surface area contributed by atoms with Crippen LogP contribution in [0.3, 0.4) is 0 Å². The summed E-state index contributed by atoms with van der Waals surface area (Å²) in [5, 5.41) is 3.63. The van der Waals surface area contributed by atoms with E-state index in [0.29, 0.717) is 18.0 Å². The van der Waals surface area contributed by atoms with Gasteiger partial charge in [-0.3, -0.25) is 9.88 Å². The molecule has 20 heavy (non-hydrogen) atoms. The van der Waals surface area contributed by atoms with Crippen LogP contribution in [-0.4, -0.2) is 42.2 Å². The molecule has 0 aliphatic carbocycles. The monoisotopic (exact) mass is 277 g/mol. The Morgan fingerprint density at radius 2 is 2.20 bits per heavy atom. The van der Waals surface area contributed by atoms with Gasteiger partial charge in [0.05, 0.1) is 12.8 Å². The smallest absolute Gasteiger partial charge is 0.122 e. The van der Waals surface area contributed by atoms with E-state index >= 15 is 0 Å². The minimum absolute atomic E-state index is 0.540. The van der Waals surface area contributed by atoms with Gasteiger partial charge >= 0.3 is 0 Å². The number of nitrogens with one attached hydrogen (secondary N) is 1. The van der Waals surface area contributed by atoms with Gasteiger partial charge in [-0.25, -0.2) is 0 Å². The molecule has 4 nitrogen and oxygen atoms in total. The quantitative estimate of drug-likeness (QED) is 0.915. The van der Waals surface area contributed by atoms with Crippen molar-refractivity contribution in [3.63, 3.8) is 0 Å². The van der Waals surface area contributed by atoms with Crippen LogP contribution in [0.1, 0.15) is 32.2 Å². The fourth-order valence-corrected chi connectivity index (χ4v) is 2.72. The molecule has 1 saturated heterocycles. The van der Waals surface area contributed by atoms with Crippen molar-refractivity contribution < 1.29 is 4.74 Å². The lowest BCUT2D eigenvalue weighted by molar-refractivity contribution is 0.114. The molecule has 2 atom stereocenters. The number of methoxy groups -OCH3 is 1. The third-order valence-electron chi connectivity index (χ3n) is 4.12. The van der Waals surface area contributed by atoms with Crippen molar-refractivity contribution in [3.8, 4) is 5.75 Å². The van der Waals surface area contributed by atoms with Crippen LogP contribution in [0.5, 0.6) is 5.75 Å². The SMILES string of the molecule is COc1cc(C)nc(CN2CC(C(C)C)NCC2C)c1. The van der Waals surface area contributed by atoms with Gasteiger partial charge in [0.2, 0.25) is 0 Å². The molecule has 1 aliphatic rings. The molecule has 0 bridgehead atoms. The summed E-state index contributed by atoms with van der Waals surface area (Å²) in [5.41, 5.74) is 2.11. The van der Waals surface area contributed by atoms with Crippen LogP contribution in [0.4, 0.5) is 0 Å². The maximum atomic E-state index is 5.34. The molecule has 0 saturated carbocycles. The Bertz CT molecular complexity index is 447. The van der Waals surface area contributed by atoms with Crippen LogP contribution >= 0.6 is 0 Å². The Balaban J connectivity index is 2.09. The molecule has 1 fully saturated rings. The van der Waals surface area contributed by atoms with E-state index in [2.05, 4.69) is 36.0 Å². The molecule has 1 aliphatic heterocycles. The molecule has 2 rings (SSSR count).